The Hall–Kier alpha value is -1.36. The fourth-order valence-electron chi connectivity index (χ4n) is 0.809. The molecule has 0 atom stereocenters. The van der Waals surface area contributed by atoms with Crippen molar-refractivity contribution in [2.24, 2.45) is 5.84 Å². The number of ether oxygens (including phenoxy) is 1. The number of hydrazine groups is 1. The first-order chi connectivity index (χ1) is 5.29. The molecule has 1 heterocycles. The number of nitrogens with one attached hydrogen (secondary N) is 1. The third kappa shape index (κ3) is 1.38. The molecule has 0 saturated carbocycles. The fraction of sp³-hybridized carbons (Fsp3) is 0.333. The second-order valence-electron chi connectivity index (χ2n) is 1.99. The van der Waals surface area contributed by atoms with Crippen LogP contribution < -0.4 is 16.0 Å². The summed E-state index contributed by atoms with van der Waals surface area (Å²) in [7, 11) is 1.55. The van der Waals surface area contributed by atoms with Gasteiger partial charge < -0.3 is 10.2 Å². The Morgan fingerprint density at radius 3 is 2.73 bits per heavy atom. The molecule has 1 aromatic heterocycles. The minimum atomic E-state index is 0.500. The third-order valence-corrected chi connectivity index (χ3v) is 1.32. The standard InChI is InChI=1S/C6H10N4O/c1-4-5(11-2)6(10-7)9-3-8-4/h3H,7H2,1-2H3,(H,8,9,10). The Labute approximate surface area is 64.6 Å². The molecule has 5 heteroatoms. The van der Waals surface area contributed by atoms with E-state index in [9.17, 15) is 0 Å². The van der Waals surface area contributed by atoms with E-state index in [-0.39, 0.29) is 0 Å². The SMILES string of the molecule is COc1c(C)ncnc1NN. The zero-order valence-corrected chi connectivity index (χ0v) is 6.46. The lowest BCUT2D eigenvalue weighted by Gasteiger charge is -2.06. The van der Waals surface area contributed by atoms with Crippen molar-refractivity contribution in [3.8, 4) is 5.75 Å². The second-order valence-corrected chi connectivity index (χ2v) is 1.99. The van der Waals surface area contributed by atoms with Crippen LogP contribution in [0.4, 0.5) is 5.82 Å². The number of nitrogens with zero attached hydrogens (tertiary/aromatic N) is 2. The largest absolute Gasteiger partial charge is 0.491 e. The predicted molar refractivity (Wildman–Crippen MR) is 41.1 cm³/mol. The summed E-state index contributed by atoms with van der Waals surface area (Å²) in [5.74, 6) is 6.25. The molecule has 0 bridgehead atoms. The molecule has 0 aliphatic carbocycles. The van der Waals surface area contributed by atoms with Gasteiger partial charge >= 0.3 is 0 Å². The van der Waals surface area contributed by atoms with E-state index >= 15 is 0 Å². The molecule has 0 unspecified atom stereocenters. The summed E-state index contributed by atoms with van der Waals surface area (Å²) in [5.41, 5.74) is 3.17. The van der Waals surface area contributed by atoms with Crippen LogP contribution in [-0.4, -0.2) is 17.1 Å². The minimum absolute atomic E-state index is 0.500. The van der Waals surface area contributed by atoms with Gasteiger partial charge in [-0.25, -0.2) is 15.8 Å². The highest BCUT2D eigenvalue weighted by Gasteiger charge is 2.05. The number of rotatable bonds is 2. The summed E-state index contributed by atoms with van der Waals surface area (Å²) in [5, 5.41) is 0. The average molecular weight is 154 g/mol. The zero-order chi connectivity index (χ0) is 8.27. The molecular formula is C6H10N4O. The molecule has 0 amide bonds. The van der Waals surface area contributed by atoms with E-state index in [4.69, 9.17) is 10.6 Å². The first-order valence-corrected chi connectivity index (χ1v) is 3.11. The van der Waals surface area contributed by atoms with Crippen LogP contribution in [0.2, 0.25) is 0 Å². The van der Waals surface area contributed by atoms with E-state index in [0.717, 1.165) is 5.69 Å². The lowest BCUT2D eigenvalue weighted by atomic mass is 10.4. The predicted octanol–water partition coefficient (Wildman–Crippen LogP) is 0.0792. The van der Waals surface area contributed by atoms with E-state index in [1.165, 1.54) is 6.33 Å². The van der Waals surface area contributed by atoms with Gasteiger partial charge in [0.1, 0.15) is 6.33 Å². The first-order valence-electron chi connectivity index (χ1n) is 3.11. The van der Waals surface area contributed by atoms with Gasteiger partial charge in [0.15, 0.2) is 11.6 Å². The van der Waals surface area contributed by atoms with Gasteiger partial charge in [0.2, 0.25) is 0 Å². The van der Waals surface area contributed by atoms with Crippen LogP contribution in [0.3, 0.4) is 0 Å². The van der Waals surface area contributed by atoms with Crippen molar-refractivity contribution in [1.29, 1.82) is 0 Å². The molecule has 3 N–H and O–H groups in total. The van der Waals surface area contributed by atoms with E-state index < -0.39 is 0 Å². The highest BCUT2D eigenvalue weighted by molar-refractivity contribution is 5.50. The van der Waals surface area contributed by atoms with E-state index in [0.29, 0.717) is 11.6 Å². The summed E-state index contributed by atoms with van der Waals surface area (Å²) < 4.78 is 5.00. The summed E-state index contributed by atoms with van der Waals surface area (Å²) in [6.07, 6.45) is 1.42. The molecule has 0 aliphatic heterocycles. The van der Waals surface area contributed by atoms with Crippen molar-refractivity contribution in [2.75, 3.05) is 12.5 Å². The summed E-state index contributed by atoms with van der Waals surface area (Å²) in [6, 6.07) is 0. The Balaban J connectivity index is 3.13. The number of hydrogen-bond donors (Lipinski definition) is 2. The average Bonchev–Trinajstić information content (AvgIpc) is 2.04. The Morgan fingerprint density at radius 2 is 2.27 bits per heavy atom. The van der Waals surface area contributed by atoms with Crippen LogP contribution in [0.15, 0.2) is 6.33 Å². The highest BCUT2D eigenvalue weighted by atomic mass is 16.5. The number of aryl methyl sites for hydroxylation is 1. The fourth-order valence-corrected chi connectivity index (χ4v) is 0.809. The van der Waals surface area contributed by atoms with Gasteiger partial charge in [0.25, 0.3) is 0 Å². The van der Waals surface area contributed by atoms with Crippen LogP contribution in [-0.2, 0) is 0 Å². The van der Waals surface area contributed by atoms with E-state index in [1.54, 1.807) is 7.11 Å². The monoisotopic (exact) mass is 154 g/mol. The van der Waals surface area contributed by atoms with Gasteiger partial charge in [-0.2, -0.15) is 0 Å². The van der Waals surface area contributed by atoms with Crippen molar-refractivity contribution >= 4 is 5.82 Å². The molecule has 0 saturated heterocycles. The summed E-state index contributed by atoms with van der Waals surface area (Å²) in [6.45, 7) is 1.82. The lowest BCUT2D eigenvalue weighted by molar-refractivity contribution is 0.409. The van der Waals surface area contributed by atoms with Crippen molar-refractivity contribution in [3.05, 3.63) is 12.0 Å². The van der Waals surface area contributed by atoms with Crippen LogP contribution in [0, 0.1) is 6.92 Å². The number of nitrogen functional groups attached to an aromatic ring is 1. The van der Waals surface area contributed by atoms with Crippen LogP contribution in [0.25, 0.3) is 0 Å². The molecule has 0 spiro atoms. The number of methoxy groups -OCH3 is 1. The van der Waals surface area contributed by atoms with Gasteiger partial charge in [-0.3, -0.25) is 0 Å². The smallest absolute Gasteiger partial charge is 0.186 e. The zero-order valence-electron chi connectivity index (χ0n) is 6.46. The van der Waals surface area contributed by atoms with Crippen molar-refractivity contribution in [3.63, 3.8) is 0 Å². The Morgan fingerprint density at radius 1 is 1.55 bits per heavy atom. The van der Waals surface area contributed by atoms with Gasteiger partial charge in [0.05, 0.1) is 12.8 Å². The molecule has 5 nitrogen and oxygen atoms in total. The molecule has 0 fully saturated rings. The molecule has 60 valence electrons. The van der Waals surface area contributed by atoms with E-state index in [1.807, 2.05) is 6.92 Å². The van der Waals surface area contributed by atoms with Crippen LogP contribution in [0.5, 0.6) is 5.75 Å². The second kappa shape index (κ2) is 3.16. The Bertz CT molecular complexity index is 250. The normalized spacial score (nSPS) is 9.36. The van der Waals surface area contributed by atoms with Gasteiger partial charge in [-0.15, -0.1) is 0 Å². The lowest BCUT2D eigenvalue weighted by Crippen LogP contribution is -2.10. The van der Waals surface area contributed by atoms with Crippen LogP contribution in [0.1, 0.15) is 5.69 Å². The first kappa shape index (κ1) is 7.74. The van der Waals surface area contributed by atoms with Gasteiger partial charge in [0, 0.05) is 0 Å². The maximum absolute atomic E-state index is 5.17. The number of hydrogen-bond acceptors (Lipinski definition) is 5. The maximum Gasteiger partial charge on any atom is 0.186 e. The number of nitrogens with two attached hydrogens (primary N) is 1. The van der Waals surface area contributed by atoms with Gasteiger partial charge in [-0.1, -0.05) is 0 Å². The maximum atomic E-state index is 5.17. The number of anilines is 1. The Kier molecular flexibility index (Phi) is 2.22. The molecule has 0 aromatic carbocycles. The number of aromatic nitrogens is 2. The highest BCUT2D eigenvalue weighted by Crippen LogP contribution is 2.21. The van der Waals surface area contributed by atoms with Crippen LogP contribution >= 0.6 is 0 Å². The molecule has 1 aromatic rings. The summed E-state index contributed by atoms with van der Waals surface area (Å²) >= 11 is 0. The molecule has 1 rings (SSSR count). The quantitative estimate of drug-likeness (QED) is 0.466. The molecular weight excluding hydrogens is 144 g/mol. The van der Waals surface area contributed by atoms with E-state index in [2.05, 4.69) is 15.4 Å². The van der Waals surface area contributed by atoms with Gasteiger partial charge in [-0.05, 0) is 6.92 Å². The topological polar surface area (TPSA) is 73.1 Å². The molecule has 0 radical (unpaired) electrons. The molecule has 11 heavy (non-hydrogen) atoms. The van der Waals surface area contributed by atoms with Crippen molar-refractivity contribution in [1.82, 2.24) is 9.97 Å². The minimum Gasteiger partial charge on any atom is -0.491 e. The summed E-state index contributed by atoms with van der Waals surface area (Å²) in [4.78, 5) is 7.78. The van der Waals surface area contributed by atoms with Crippen molar-refractivity contribution in [2.45, 2.75) is 6.92 Å². The van der Waals surface area contributed by atoms with Crippen molar-refractivity contribution < 1.29 is 4.74 Å². The third-order valence-electron chi connectivity index (χ3n) is 1.32. The molecule has 0 aliphatic rings.